The Kier molecular flexibility index (Phi) is 5.05. The van der Waals surface area contributed by atoms with Crippen LogP contribution in [0.15, 0.2) is 28.9 Å². The molecule has 2 aromatic heterocycles. The van der Waals surface area contributed by atoms with Crippen LogP contribution in [0.2, 0.25) is 0 Å². The average Bonchev–Trinajstić information content (AvgIpc) is 3.25. The number of nitrogens with one attached hydrogen (secondary N) is 1. The van der Waals surface area contributed by atoms with Gasteiger partial charge in [0.05, 0.1) is 35.7 Å². The van der Waals surface area contributed by atoms with E-state index in [-0.39, 0.29) is 18.4 Å². The minimum Gasteiger partial charge on any atom is -0.488 e. The van der Waals surface area contributed by atoms with E-state index in [4.69, 9.17) is 9.26 Å². The van der Waals surface area contributed by atoms with E-state index in [1.54, 1.807) is 6.20 Å². The molecule has 3 aromatic rings. The molecular weight excluding hydrogens is 368 g/mol. The summed E-state index contributed by atoms with van der Waals surface area (Å²) in [4.78, 5) is 21.3. The van der Waals surface area contributed by atoms with Crippen LogP contribution in [-0.2, 0) is 17.6 Å². The summed E-state index contributed by atoms with van der Waals surface area (Å²) in [5.74, 6) is 1.48. The number of fused-ring (bicyclic) bond motifs is 1. The lowest BCUT2D eigenvalue weighted by Gasteiger charge is -2.12. The SMILES string of the molecule is Cc1cnc(C)c(-c2ccc3c(c2)C[C@H](CNC(=O)Cc2c(C)noc2C)O3)n1. The van der Waals surface area contributed by atoms with Crippen LogP contribution >= 0.6 is 0 Å². The van der Waals surface area contributed by atoms with E-state index in [2.05, 4.69) is 26.5 Å². The van der Waals surface area contributed by atoms with Crippen molar-refractivity contribution < 1.29 is 14.1 Å². The molecule has 0 spiro atoms. The molecule has 0 bridgehead atoms. The van der Waals surface area contributed by atoms with E-state index < -0.39 is 0 Å². The molecule has 1 aromatic carbocycles. The number of aromatic nitrogens is 3. The summed E-state index contributed by atoms with van der Waals surface area (Å²) in [5, 5.41) is 6.85. The highest BCUT2D eigenvalue weighted by molar-refractivity contribution is 5.79. The lowest BCUT2D eigenvalue weighted by Crippen LogP contribution is -2.35. The number of ether oxygens (including phenoxy) is 1. The first-order chi connectivity index (χ1) is 13.9. The Balaban J connectivity index is 1.39. The van der Waals surface area contributed by atoms with E-state index in [0.717, 1.165) is 51.6 Å². The first-order valence-electron chi connectivity index (χ1n) is 9.69. The van der Waals surface area contributed by atoms with Gasteiger partial charge in [-0.1, -0.05) is 5.16 Å². The quantitative estimate of drug-likeness (QED) is 0.718. The Morgan fingerprint density at radius 1 is 1.21 bits per heavy atom. The zero-order valence-corrected chi connectivity index (χ0v) is 17.1. The smallest absolute Gasteiger partial charge is 0.224 e. The van der Waals surface area contributed by atoms with Crippen molar-refractivity contribution in [2.45, 2.75) is 46.6 Å². The van der Waals surface area contributed by atoms with Crippen LogP contribution in [0, 0.1) is 27.7 Å². The second-order valence-corrected chi connectivity index (χ2v) is 7.50. The Labute approximate surface area is 169 Å². The number of carbonyl (C=O) groups excluding carboxylic acids is 1. The second-order valence-electron chi connectivity index (χ2n) is 7.50. The van der Waals surface area contributed by atoms with Gasteiger partial charge in [-0.05, 0) is 51.5 Å². The highest BCUT2D eigenvalue weighted by atomic mass is 16.5. The van der Waals surface area contributed by atoms with Gasteiger partial charge >= 0.3 is 0 Å². The largest absolute Gasteiger partial charge is 0.488 e. The summed E-state index contributed by atoms with van der Waals surface area (Å²) in [6.45, 7) is 8.01. The number of aryl methyl sites for hydroxylation is 4. The van der Waals surface area contributed by atoms with Crippen LogP contribution in [0.4, 0.5) is 0 Å². The highest BCUT2D eigenvalue weighted by Crippen LogP contribution is 2.33. The normalized spacial score (nSPS) is 15.1. The predicted molar refractivity (Wildman–Crippen MR) is 108 cm³/mol. The molecule has 1 aliphatic rings. The predicted octanol–water partition coefficient (Wildman–Crippen LogP) is 3.03. The molecule has 0 saturated carbocycles. The van der Waals surface area contributed by atoms with Gasteiger partial charge < -0.3 is 14.6 Å². The fourth-order valence-electron chi connectivity index (χ4n) is 3.60. The van der Waals surface area contributed by atoms with E-state index in [0.29, 0.717) is 12.3 Å². The van der Waals surface area contributed by atoms with Gasteiger partial charge in [0, 0.05) is 23.7 Å². The van der Waals surface area contributed by atoms with Crippen LogP contribution in [0.25, 0.3) is 11.3 Å². The molecule has 1 N–H and O–H groups in total. The summed E-state index contributed by atoms with van der Waals surface area (Å²) in [6, 6.07) is 6.09. The van der Waals surface area contributed by atoms with Crippen LogP contribution in [0.1, 0.15) is 34.0 Å². The minimum absolute atomic E-state index is 0.0645. The Morgan fingerprint density at radius 3 is 2.79 bits per heavy atom. The van der Waals surface area contributed by atoms with Crippen molar-refractivity contribution in [3.05, 3.63) is 58.4 Å². The van der Waals surface area contributed by atoms with Crippen molar-refractivity contribution in [3.8, 4) is 17.0 Å². The summed E-state index contributed by atoms with van der Waals surface area (Å²) in [6.07, 6.45) is 2.69. The van der Waals surface area contributed by atoms with Crippen molar-refractivity contribution in [1.82, 2.24) is 20.4 Å². The topological polar surface area (TPSA) is 90.1 Å². The Hall–Kier alpha value is -3.22. The number of benzene rings is 1. The molecule has 0 fully saturated rings. The highest BCUT2D eigenvalue weighted by Gasteiger charge is 2.24. The third-order valence-electron chi connectivity index (χ3n) is 5.20. The number of nitrogens with zero attached hydrogens (tertiary/aromatic N) is 3. The number of amides is 1. The van der Waals surface area contributed by atoms with Crippen molar-refractivity contribution in [3.63, 3.8) is 0 Å². The van der Waals surface area contributed by atoms with Crippen molar-refractivity contribution in [2.24, 2.45) is 0 Å². The second kappa shape index (κ2) is 7.66. The molecule has 0 radical (unpaired) electrons. The first-order valence-corrected chi connectivity index (χ1v) is 9.69. The standard InChI is InChI=1S/C22H24N4O3/c1-12-10-23-14(3)22(25-12)16-5-6-20-17(7-16)8-18(28-20)11-24-21(27)9-19-13(2)26-29-15(19)4/h5-7,10,18H,8-9,11H2,1-4H3,(H,24,27)/t18-/m1/s1. The molecule has 1 amide bonds. The van der Waals surface area contributed by atoms with Crippen molar-refractivity contribution in [2.75, 3.05) is 6.54 Å². The molecule has 7 heteroatoms. The molecule has 1 aliphatic heterocycles. The maximum absolute atomic E-state index is 12.3. The Morgan fingerprint density at radius 2 is 2.03 bits per heavy atom. The van der Waals surface area contributed by atoms with E-state index in [1.165, 1.54) is 0 Å². The molecule has 7 nitrogen and oxygen atoms in total. The molecule has 0 aliphatic carbocycles. The van der Waals surface area contributed by atoms with Gasteiger partial charge in [0.15, 0.2) is 0 Å². The molecule has 0 unspecified atom stereocenters. The molecule has 3 heterocycles. The fraction of sp³-hybridized carbons (Fsp3) is 0.364. The maximum atomic E-state index is 12.3. The van der Waals surface area contributed by atoms with Gasteiger partial charge in [0.1, 0.15) is 17.6 Å². The summed E-state index contributed by atoms with van der Waals surface area (Å²) >= 11 is 0. The van der Waals surface area contributed by atoms with Crippen LogP contribution in [0.3, 0.4) is 0 Å². The van der Waals surface area contributed by atoms with Gasteiger partial charge in [-0.25, -0.2) is 4.98 Å². The summed E-state index contributed by atoms with van der Waals surface area (Å²) in [7, 11) is 0. The lowest BCUT2D eigenvalue weighted by atomic mass is 10.0. The van der Waals surface area contributed by atoms with Gasteiger partial charge in [0.25, 0.3) is 0 Å². The van der Waals surface area contributed by atoms with Gasteiger partial charge in [-0.2, -0.15) is 0 Å². The van der Waals surface area contributed by atoms with E-state index in [1.807, 2.05) is 39.8 Å². The first kappa shape index (κ1) is 19.1. The van der Waals surface area contributed by atoms with Crippen LogP contribution in [-0.4, -0.2) is 33.7 Å². The molecule has 1 atom stereocenters. The monoisotopic (exact) mass is 392 g/mol. The number of hydrogen-bond donors (Lipinski definition) is 1. The van der Waals surface area contributed by atoms with Crippen molar-refractivity contribution in [1.29, 1.82) is 0 Å². The summed E-state index contributed by atoms with van der Waals surface area (Å²) < 4.78 is 11.1. The minimum atomic E-state index is -0.0847. The van der Waals surface area contributed by atoms with Gasteiger partial charge in [-0.3, -0.25) is 9.78 Å². The molecule has 150 valence electrons. The third-order valence-corrected chi connectivity index (χ3v) is 5.20. The molecular formula is C22H24N4O3. The van der Waals surface area contributed by atoms with Crippen LogP contribution in [0.5, 0.6) is 5.75 Å². The van der Waals surface area contributed by atoms with Crippen LogP contribution < -0.4 is 10.1 Å². The van der Waals surface area contributed by atoms with Crippen molar-refractivity contribution >= 4 is 5.91 Å². The zero-order valence-electron chi connectivity index (χ0n) is 17.1. The average molecular weight is 392 g/mol. The summed E-state index contributed by atoms with van der Waals surface area (Å²) in [5.41, 5.74) is 6.43. The van der Waals surface area contributed by atoms with E-state index in [9.17, 15) is 4.79 Å². The number of hydrogen-bond acceptors (Lipinski definition) is 6. The molecule has 4 rings (SSSR count). The molecule has 0 saturated heterocycles. The Bertz CT molecular complexity index is 1050. The van der Waals surface area contributed by atoms with E-state index >= 15 is 0 Å². The third kappa shape index (κ3) is 3.99. The lowest BCUT2D eigenvalue weighted by molar-refractivity contribution is -0.120. The molecule has 29 heavy (non-hydrogen) atoms. The number of carbonyl (C=O) groups is 1. The fourth-order valence-corrected chi connectivity index (χ4v) is 3.60. The zero-order chi connectivity index (χ0) is 20.5. The van der Waals surface area contributed by atoms with Gasteiger partial charge in [0.2, 0.25) is 5.91 Å². The number of rotatable bonds is 5. The van der Waals surface area contributed by atoms with Gasteiger partial charge in [-0.15, -0.1) is 0 Å². The maximum Gasteiger partial charge on any atom is 0.224 e.